The second-order valence-corrected chi connectivity index (χ2v) is 7.57. The van der Waals surface area contributed by atoms with Gasteiger partial charge in [-0.15, -0.1) is 0 Å². The van der Waals surface area contributed by atoms with Crippen LogP contribution in [0, 0.1) is 0 Å². The van der Waals surface area contributed by atoms with E-state index in [-0.39, 0.29) is 19.3 Å². The quantitative estimate of drug-likeness (QED) is 0.460. The van der Waals surface area contributed by atoms with Gasteiger partial charge in [0.2, 0.25) is 11.0 Å². The third-order valence-electron chi connectivity index (χ3n) is 2.39. The Labute approximate surface area is 111 Å². The Hall–Kier alpha value is -0.360. The molecule has 2 N–H and O–H groups in total. The van der Waals surface area contributed by atoms with E-state index in [2.05, 4.69) is 9.05 Å². The molecule has 0 saturated heterocycles. The third-order valence-corrected chi connectivity index (χ3v) is 5.06. The van der Waals surface area contributed by atoms with Gasteiger partial charge >= 0.3 is 15.2 Å². The van der Waals surface area contributed by atoms with Gasteiger partial charge in [0.1, 0.15) is 0 Å². The number of carbonyl (C=O) groups excluding carboxylic acids is 2. The van der Waals surface area contributed by atoms with Crippen LogP contribution in [0.3, 0.4) is 0 Å². The molecule has 0 atom stereocenters. The van der Waals surface area contributed by atoms with Crippen LogP contribution in [0.4, 0.5) is 0 Å². The van der Waals surface area contributed by atoms with Gasteiger partial charge in [0, 0.05) is 27.1 Å². The second kappa shape index (κ2) is 8.04. The average Bonchev–Trinajstić information content (AvgIpc) is 2.35. The van der Waals surface area contributed by atoms with Crippen molar-refractivity contribution >= 4 is 26.2 Å². The van der Waals surface area contributed by atoms with Crippen molar-refractivity contribution in [3.8, 4) is 0 Å². The van der Waals surface area contributed by atoms with Crippen molar-refractivity contribution in [1.82, 2.24) is 0 Å². The molecule has 10 heteroatoms. The summed E-state index contributed by atoms with van der Waals surface area (Å²) in [6, 6.07) is 0. The monoisotopic (exact) mass is 316 g/mol. The lowest BCUT2D eigenvalue weighted by atomic mass is 10.2. The molecule has 0 aliphatic heterocycles. The Morgan fingerprint density at radius 1 is 0.895 bits per heavy atom. The number of carbonyl (C=O) groups is 2. The summed E-state index contributed by atoms with van der Waals surface area (Å²) in [5.74, 6) is 0. The smallest absolute Gasteiger partial charge is 0.319 e. The topological polar surface area (TPSA) is 127 Å². The van der Waals surface area contributed by atoms with Crippen LogP contribution in [0.25, 0.3) is 0 Å². The molecule has 0 spiro atoms. The first kappa shape index (κ1) is 18.6. The first-order valence-electron chi connectivity index (χ1n) is 5.51. The SMILES string of the molecule is COP(=O)(OC)C(=O)CCCCCC(=O)P(=O)(O)O. The molecular formula is C9H18O8P2. The molecule has 0 radical (unpaired) electrons. The van der Waals surface area contributed by atoms with Gasteiger partial charge in [-0.05, 0) is 12.8 Å². The Morgan fingerprint density at radius 2 is 1.32 bits per heavy atom. The van der Waals surface area contributed by atoms with Crippen LogP contribution in [0.5, 0.6) is 0 Å². The van der Waals surface area contributed by atoms with Crippen molar-refractivity contribution in [1.29, 1.82) is 0 Å². The highest BCUT2D eigenvalue weighted by Gasteiger charge is 2.31. The predicted octanol–water partition coefficient (Wildman–Crippen LogP) is 1.65. The first-order valence-corrected chi connectivity index (χ1v) is 8.66. The predicted molar refractivity (Wildman–Crippen MR) is 66.8 cm³/mol. The molecule has 0 aromatic carbocycles. The van der Waals surface area contributed by atoms with Crippen molar-refractivity contribution in [2.75, 3.05) is 14.2 Å². The maximum Gasteiger partial charge on any atom is 0.396 e. The van der Waals surface area contributed by atoms with E-state index in [1.807, 2.05) is 0 Å². The maximum atomic E-state index is 11.6. The molecule has 19 heavy (non-hydrogen) atoms. The van der Waals surface area contributed by atoms with E-state index in [1.165, 1.54) is 0 Å². The zero-order valence-corrected chi connectivity index (χ0v) is 12.6. The minimum atomic E-state index is -4.65. The van der Waals surface area contributed by atoms with Gasteiger partial charge < -0.3 is 18.8 Å². The fourth-order valence-corrected chi connectivity index (χ4v) is 2.73. The standard InChI is InChI=1S/C9H18O8P2/c1-16-19(15,17-2)9(11)7-5-3-4-6-8(10)18(12,13)14/h3-7H2,1-2H3,(H2,12,13,14). The molecule has 112 valence electrons. The van der Waals surface area contributed by atoms with Crippen LogP contribution in [0.1, 0.15) is 32.1 Å². The summed E-state index contributed by atoms with van der Waals surface area (Å²) in [4.78, 5) is 39.5. The minimum absolute atomic E-state index is 0.0386. The van der Waals surface area contributed by atoms with Crippen LogP contribution >= 0.6 is 15.2 Å². The van der Waals surface area contributed by atoms with E-state index in [1.54, 1.807) is 0 Å². The van der Waals surface area contributed by atoms with Gasteiger partial charge in [0.25, 0.3) is 0 Å². The second-order valence-electron chi connectivity index (χ2n) is 3.75. The summed E-state index contributed by atoms with van der Waals surface area (Å²) in [6.07, 6.45) is 0.712. The number of unbranched alkanes of at least 4 members (excludes halogenated alkanes) is 2. The lowest BCUT2D eigenvalue weighted by Gasteiger charge is -2.11. The summed E-state index contributed by atoms with van der Waals surface area (Å²) in [7, 11) is -6.12. The molecule has 0 bridgehead atoms. The largest absolute Gasteiger partial charge is 0.396 e. The van der Waals surface area contributed by atoms with Gasteiger partial charge in [-0.2, -0.15) is 0 Å². The zero-order chi connectivity index (χ0) is 15.1. The summed E-state index contributed by atoms with van der Waals surface area (Å²) in [5, 5.41) is 0. The highest BCUT2D eigenvalue weighted by Crippen LogP contribution is 2.48. The van der Waals surface area contributed by atoms with Gasteiger partial charge in [0.05, 0.1) is 0 Å². The van der Waals surface area contributed by atoms with Crippen molar-refractivity contribution < 1.29 is 37.6 Å². The molecule has 0 unspecified atom stereocenters. The summed E-state index contributed by atoms with van der Waals surface area (Å²) in [6.45, 7) is 0. The van der Waals surface area contributed by atoms with Crippen molar-refractivity contribution in [2.45, 2.75) is 32.1 Å². The average molecular weight is 316 g/mol. The normalized spacial score (nSPS) is 12.4. The van der Waals surface area contributed by atoms with Crippen LogP contribution in [-0.2, 0) is 27.8 Å². The first-order chi connectivity index (χ1) is 8.67. The van der Waals surface area contributed by atoms with E-state index in [0.29, 0.717) is 12.8 Å². The molecule has 0 aliphatic rings. The zero-order valence-electron chi connectivity index (χ0n) is 10.8. The molecule has 0 amide bonds. The summed E-state index contributed by atoms with van der Waals surface area (Å²) in [5.41, 5.74) is -1.77. The van der Waals surface area contributed by atoms with E-state index < -0.39 is 26.2 Å². The lowest BCUT2D eigenvalue weighted by molar-refractivity contribution is -0.114. The van der Waals surface area contributed by atoms with Gasteiger partial charge in [-0.1, -0.05) is 6.42 Å². The van der Waals surface area contributed by atoms with E-state index in [9.17, 15) is 18.7 Å². The molecule has 0 aliphatic carbocycles. The highest BCUT2D eigenvalue weighted by atomic mass is 31.2. The Balaban J connectivity index is 3.95. The van der Waals surface area contributed by atoms with Crippen molar-refractivity contribution in [2.24, 2.45) is 0 Å². The van der Waals surface area contributed by atoms with Crippen LogP contribution in [-0.4, -0.2) is 35.1 Å². The minimum Gasteiger partial charge on any atom is -0.319 e. The molecule has 0 rings (SSSR count). The van der Waals surface area contributed by atoms with E-state index in [0.717, 1.165) is 14.2 Å². The van der Waals surface area contributed by atoms with E-state index >= 15 is 0 Å². The van der Waals surface area contributed by atoms with Crippen LogP contribution in [0.15, 0.2) is 0 Å². The Kier molecular flexibility index (Phi) is 7.89. The summed E-state index contributed by atoms with van der Waals surface area (Å²) < 4.78 is 31.2. The molecule has 0 heterocycles. The van der Waals surface area contributed by atoms with Gasteiger partial charge in [0.15, 0.2) is 0 Å². The molecule has 8 nitrogen and oxygen atoms in total. The number of hydrogen-bond donors (Lipinski definition) is 2. The lowest BCUT2D eigenvalue weighted by Crippen LogP contribution is -2.03. The Morgan fingerprint density at radius 3 is 1.68 bits per heavy atom. The van der Waals surface area contributed by atoms with Crippen molar-refractivity contribution in [3.05, 3.63) is 0 Å². The van der Waals surface area contributed by atoms with Crippen molar-refractivity contribution in [3.63, 3.8) is 0 Å². The number of rotatable bonds is 10. The van der Waals surface area contributed by atoms with Gasteiger partial charge in [-0.3, -0.25) is 18.7 Å². The van der Waals surface area contributed by atoms with Crippen LogP contribution < -0.4 is 0 Å². The Bertz CT molecular complexity index is 404. The third kappa shape index (κ3) is 6.56. The van der Waals surface area contributed by atoms with Gasteiger partial charge in [-0.25, -0.2) is 0 Å². The molecule has 0 aromatic heterocycles. The molecule has 0 fully saturated rings. The molecule has 0 aromatic rings. The fourth-order valence-electron chi connectivity index (χ4n) is 1.29. The van der Waals surface area contributed by atoms with Crippen LogP contribution in [0.2, 0.25) is 0 Å². The maximum absolute atomic E-state index is 11.6. The fraction of sp³-hybridized carbons (Fsp3) is 0.778. The molecule has 0 saturated carbocycles. The summed E-state index contributed by atoms with van der Waals surface area (Å²) >= 11 is 0. The highest BCUT2D eigenvalue weighted by molar-refractivity contribution is 7.71. The number of hydrogen-bond acceptors (Lipinski definition) is 6. The van der Waals surface area contributed by atoms with E-state index in [4.69, 9.17) is 9.79 Å². The molecular weight excluding hydrogens is 298 g/mol.